The molecule has 2 heterocycles. The van der Waals surface area contributed by atoms with Crippen molar-refractivity contribution in [1.82, 2.24) is 10.3 Å². The average molecular weight is 617 g/mol. The first-order valence-electron chi connectivity index (χ1n) is 13.3. The number of nitrogens with zero attached hydrogens (tertiary/aromatic N) is 2. The molecule has 1 aromatic heterocycles. The number of anilines is 1. The molecule has 39 heavy (non-hydrogen) atoms. The predicted molar refractivity (Wildman–Crippen MR) is 158 cm³/mol. The van der Waals surface area contributed by atoms with E-state index in [0.717, 1.165) is 40.4 Å². The Bertz CT molecular complexity index is 1350. The SMILES string of the molecule is Cc1c(N2CCCCO2)nc2ccc(Br)cc2c1C(=O)NCC(CCC(=O)OC(C)(C)C)c1ccccc1Cl. The summed E-state index contributed by atoms with van der Waals surface area (Å²) in [6, 6.07) is 13.3. The lowest BCUT2D eigenvalue weighted by atomic mass is 9.93. The molecular weight excluding hydrogens is 582 g/mol. The van der Waals surface area contributed by atoms with Crippen molar-refractivity contribution in [2.75, 3.05) is 24.8 Å². The minimum atomic E-state index is -0.560. The third-order valence-corrected chi connectivity index (χ3v) is 7.44. The second-order valence-corrected chi connectivity index (χ2v) is 12.1. The van der Waals surface area contributed by atoms with E-state index in [0.29, 0.717) is 41.5 Å². The lowest BCUT2D eigenvalue weighted by molar-refractivity contribution is -0.155. The van der Waals surface area contributed by atoms with E-state index in [1.165, 1.54) is 0 Å². The van der Waals surface area contributed by atoms with Crippen molar-refractivity contribution in [2.24, 2.45) is 0 Å². The van der Waals surface area contributed by atoms with Crippen molar-refractivity contribution < 1.29 is 19.2 Å². The van der Waals surface area contributed by atoms with Gasteiger partial charge in [-0.3, -0.25) is 14.4 Å². The van der Waals surface area contributed by atoms with Gasteiger partial charge in [0.05, 0.1) is 17.7 Å². The van der Waals surface area contributed by atoms with Gasteiger partial charge in [0.2, 0.25) is 0 Å². The summed E-state index contributed by atoms with van der Waals surface area (Å²) in [6.45, 7) is 9.09. The zero-order valence-corrected chi connectivity index (χ0v) is 25.2. The summed E-state index contributed by atoms with van der Waals surface area (Å²) in [4.78, 5) is 37.0. The Hall–Kier alpha value is -2.68. The van der Waals surface area contributed by atoms with E-state index >= 15 is 0 Å². The smallest absolute Gasteiger partial charge is 0.306 e. The quantitative estimate of drug-likeness (QED) is 0.271. The molecular formula is C30H35BrClN3O4. The number of rotatable bonds is 8. The van der Waals surface area contributed by atoms with Crippen molar-refractivity contribution in [3.63, 3.8) is 0 Å². The number of aromatic nitrogens is 1. The molecule has 0 bridgehead atoms. The van der Waals surface area contributed by atoms with Crippen LogP contribution < -0.4 is 10.4 Å². The Morgan fingerprint density at radius 1 is 1.21 bits per heavy atom. The Balaban J connectivity index is 1.62. The number of hydrogen-bond acceptors (Lipinski definition) is 6. The van der Waals surface area contributed by atoms with Crippen LogP contribution in [0.25, 0.3) is 10.9 Å². The largest absolute Gasteiger partial charge is 0.460 e. The number of pyridine rings is 1. The highest BCUT2D eigenvalue weighted by atomic mass is 79.9. The van der Waals surface area contributed by atoms with E-state index in [2.05, 4.69) is 21.2 Å². The van der Waals surface area contributed by atoms with Gasteiger partial charge in [-0.05, 0) is 76.8 Å². The first kappa shape index (κ1) is 29.3. The maximum atomic E-state index is 13.8. The predicted octanol–water partition coefficient (Wildman–Crippen LogP) is 7.13. The summed E-state index contributed by atoms with van der Waals surface area (Å²) in [5.41, 5.74) is 2.34. The number of hydrogen-bond donors (Lipinski definition) is 1. The molecule has 7 nitrogen and oxygen atoms in total. The third-order valence-electron chi connectivity index (χ3n) is 6.60. The molecule has 1 amide bonds. The van der Waals surface area contributed by atoms with Gasteiger partial charge in [0.15, 0.2) is 5.82 Å². The molecule has 0 spiro atoms. The number of esters is 1. The summed E-state index contributed by atoms with van der Waals surface area (Å²) < 4.78 is 6.37. The summed E-state index contributed by atoms with van der Waals surface area (Å²) in [5, 5.41) is 6.27. The maximum absolute atomic E-state index is 13.8. The highest BCUT2D eigenvalue weighted by Gasteiger charge is 2.25. The number of carbonyl (C=O) groups excluding carboxylic acids is 2. The van der Waals surface area contributed by atoms with Crippen molar-refractivity contribution >= 4 is 56.1 Å². The molecule has 0 saturated carbocycles. The van der Waals surface area contributed by atoms with Gasteiger partial charge in [-0.1, -0.05) is 45.7 Å². The van der Waals surface area contributed by atoms with Crippen LogP contribution in [0.4, 0.5) is 5.82 Å². The number of amides is 1. The Morgan fingerprint density at radius 3 is 2.67 bits per heavy atom. The molecule has 1 aliphatic rings. The Morgan fingerprint density at radius 2 is 1.97 bits per heavy atom. The van der Waals surface area contributed by atoms with Gasteiger partial charge < -0.3 is 10.1 Å². The van der Waals surface area contributed by atoms with E-state index in [-0.39, 0.29) is 24.2 Å². The van der Waals surface area contributed by atoms with Crippen LogP contribution in [0.15, 0.2) is 46.9 Å². The van der Waals surface area contributed by atoms with Crippen LogP contribution in [0, 0.1) is 6.92 Å². The van der Waals surface area contributed by atoms with E-state index in [1.807, 2.05) is 70.2 Å². The number of hydroxylamine groups is 1. The number of nitrogens with one attached hydrogen (secondary N) is 1. The fraction of sp³-hybridized carbons (Fsp3) is 0.433. The molecule has 4 rings (SSSR count). The van der Waals surface area contributed by atoms with Crippen LogP contribution in [0.5, 0.6) is 0 Å². The summed E-state index contributed by atoms with van der Waals surface area (Å²) in [5.74, 6) is -0.0223. The molecule has 3 aromatic rings. The molecule has 1 saturated heterocycles. The second kappa shape index (κ2) is 12.7. The number of ether oxygens (including phenoxy) is 1. The number of halogens is 2. The summed E-state index contributed by atoms with van der Waals surface area (Å²) >= 11 is 10.1. The Kier molecular flexibility index (Phi) is 9.51. The summed E-state index contributed by atoms with van der Waals surface area (Å²) in [6.07, 6.45) is 2.69. The van der Waals surface area contributed by atoms with Crippen molar-refractivity contribution in [1.29, 1.82) is 0 Å². The van der Waals surface area contributed by atoms with Gasteiger partial charge in [-0.25, -0.2) is 10.0 Å². The second-order valence-electron chi connectivity index (χ2n) is 10.8. The van der Waals surface area contributed by atoms with E-state index < -0.39 is 5.60 Å². The highest BCUT2D eigenvalue weighted by Crippen LogP contribution is 2.32. The first-order chi connectivity index (χ1) is 18.5. The van der Waals surface area contributed by atoms with Gasteiger partial charge in [-0.15, -0.1) is 0 Å². The van der Waals surface area contributed by atoms with E-state index in [4.69, 9.17) is 26.2 Å². The fourth-order valence-electron chi connectivity index (χ4n) is 4.78. The van der Waals surface area contributed by atoms with Crippen molar-refractivity contribution in [3.8, 4) is 0 Å². The molecule has 0 aliphatic carbocycles. The van der Waals surface area contributed by atoms with Gasteiger partial charge in [0.1, 0.15) is 5.60 Å². The number of carbonyl (C=O) groups is 2. The number of fused-ring (bicyclic) bond motifs is 1. The van der Waals surface area contributed by atoms with Crippen LogP contribution in [-0.2, 0) is 14.4 Å². The zero-order chi connectivity index (χ0) is 28.2. The Labute approximate surface area is 243 Å². The molecule has 1 aliphatic heterocycles. The molecule has 1 fully saturated rings. The van der Waals surface area contributed by atoms with Crippen molar-refractivity contribution in [2.45, 2.75) is 64.9 Å². The van der Waals surface area contributed by atoms with Crippen molar-refractivity contribution in [3.05, 3.63) is 68.7 Å². The molecule has 2 aromatic carbocycles. The number of benzene rings is 2. The highest BCUT2D eigenvalue weighted by molar-refractivity contribution is 9.10. The van der Waals surface area contributed by atoms with Crippen LogP contribution in [0.2, 0.25) is 5.02 Å². The minimum Gasteiger partial charge on any atom is -0.460 e. The topological polar surface area (TPSA) is 80.8 Å². The molecule has 0 radical (unpaired) electrons. The summed E-state index contributed by atoms with van der Waals surface area (Å²) in [7, 11) is 0. The van der Waals surface area contributed by atoms with Gasteiger partial charge >= 0.3 is 5.97 Å². The zero-order valence-electron chi connectivity index (χ0n) is 22.9. The maximum Gasteiger partial charge on any atom is 0.306 e. The van der Waals surface area contributed by atoms with Gasteiger partial charge in [-0.2, -0.15) is 0 Å². The molecule has 9 heteroatoms. The van der Waals surface area contributed by atoms with E-state index in [9.17, 15) is 9.59 Å². The lowest BCUT2D eigenvalue weighted by Gasteiger charge is -2.29. The molecule has 1 unspecified atom stereocenters. The molecule has 208 valence electrons. The first-order valence-corrected chi connectivity index (χ1v) is 14.5. The third kappa shape index (κ3) is 7.50. The van der Waals surface area contributed by atoms with Crippen LogP contribution in [0.3, 0.4) is 0 Å². The fourth-order valence-corrected chi connectivity index (χ4v) is 5.43. The van der Waals surface area contributed by atoms with Gasteiger partial charge in [0.25, 0.3) is 5.91 Å². The van der Waals surface area contributed by atoms with Gasteiger partial charge in [0, 0.05) is 45.9 Å². The average Bonchev–Trinajstić information content (AvgIpc) is 2.88. The normalized spacial score (nSPS) is 14.8. The van der Waals surface area contributed by atoms with E-state index in [1.54, 1.807) is 5.06 Å². The monoisotopic (exact) mass is 615 g/mol. The van der Waals surface area contributed by atoms with Crippen LogP contribution >= 0.6 is 27.5 Å². The lowest BCUT2D eigenvalue weighted by Crippen LogP contribution is -2.33. The molecule has 1 N–H and O–H groups in total. The minimum absolute atomic E-state index is 0.180. The standard InChI is InChI=1S/C30H35BrClN3O4/c1-19-27(23-17-21(31)12-13-25(23)34-28(19)35-15-7-8-16-38-35)29(37)33-18-20(22-9-5-6-10-24(22)32)11-14-26(36)39-30(2,3)4/h5-6,9-10,12-13,17,20H,7-8,11,14-16,18H2,1-4H3,(H,33,37). The van der Waals surface area contributed by atoms with Crippen LogP contribution in [-0.4, -0.2) is 42.2 Å². The molecule has 1 atom stereocenters. The van der Waals surface area contributed by atoms with Crippen LogP contribution in [0.1, 0.15) is 73.9 Å².